The number of hydrogen-bond donors (Lipinski definition) is 1. The van der Waals surface area contributed by atoms with E-state index in [0.29, 0.717) is 17.0 Å². The summed E-state index contributed by atoms with van der Waals surface area (Å²) in [5.41, 5.74) is 0.606. The molecule has 1 saturated carbocycles. The molecule has 0 heterocycles. The molecule has 1 nitrogen and oxygen atoms in total. The molecule has 0 amide bonds. The summed E-state index contributed by atoms with van der Waals surface area (Å²) in [6.07, 6.45) is 4.52. The molecule has 0 radical (unpaired) electrons. The second-order valence-corrected chi connectivity index (χ2v) is 6.88. The van der Waals surface area contributed by atoms with E-state index in [1.54, 1.807) is 6.07 Å². The van der Waals surface area contributed by atoms with Crippen molar-refractivity contribution in [2.24, 2.45) is 5.92 Å². The normalized spacial score (nSPS) is 25.8. The third-order valence-corrected chi connectivity index (χ3v) is 4.71. The van der Waals surface area contributed by atoms with E-state index in [0.717, 1.165) is 24.9 Å². The zero-order chi connectivity index (χ0) is 14.8. The minimum atomic E-state index is -0.155. The third-order valence-electron chi connectivity index (χ3n) is 4.40. The Kier molecular flexibility index (Phi) is 5.09. The maximum Gasteiger partial charge on any atom is 0.128 e. The highest BCUT2D eigenvalue weighted by atomic mass is 35.5. The van der Waals surface area contributed by atoms with Gasteiger partial charge < -0.3 is 5.32 Å². The second-order valence-electron chi connectivity index (χ2n) is 6.48. The molecule has 0 bridgehead atoms. The number of hydrogen-bond acceptors (Lipinski definition) is 1. The van der Waals surface area contributed by atoms with Gasteiger partial charge in [-0.1, -0.05) is 51.3 Å². The predicted octanol–water partition coefficient (Wildman–Crippen LogP) is 4.93. The van der Waals surface area contributed by atoms with Gasteiger partial charge in [-0.3, -0.25) is 0 Å². The van der Waals surface area contributed by atoms with Crippen molar-refractivity contribution >= 4 is 11.6 Å². The minimum Gasteiger partial charge on any atom is -0.314 e. The molecule has 0 unspecified atom stereocenters. The molecule has 0 aromatic heterocycles. The van der Waals surface area contributed by atoms with Crippen LogP contribution in [0.15, 0.2) is 18.2 Å². The molecule has 0 atom stereocenters. The average Bonchev–Trinajstić information content (AvgIpc) is 2.33. The fourth-order valence-corrected chi connectivity index (χ4v) is 3.86. The van der Waals surface area contributed by atoms with Crippen LogP contribution in [0.5, 0.6) is 0 Å². The van der Waals surface area contributed by atoms with Crippen molar-refractivity contribution < 1.29 is 4.39 Å². The Morgan fingerprint density at radius 1 is 1.40 bits per heavy atom. The maximum absolute atomic E-state index is 14.3. The first-order valence-corrected chi connectivity index (χ1v) is 8.04. The van der Waals surface area contributed by atoms with Crippen LogP contribution in [0.25, 0.3) is 0 Å². The van der Waals surface area contributed by atoms with Crippen LogP contribution < -0.4 is 5.32 Å². The van der Waals surface area contributed by atoms with Crippen LogP contribution >= 0.6 is 11.6 Å². The van der Waals surface area contributed by atoms with Gasteiger partial charge in [-0.15, -0.1) is 0 Å². The smallest absolute Gasteiger partial charge is 0.128 e. The van der Waals surface area contributed by atoms with Crippen molar-refractivity contribution in [1.82, 2.24) is 5.32 Å². The number of halogens is 2. The van der Waals surface area contributed by atoms with Crippen molar-refractivity contribution in [1.29, 1.82) is 0 Å². The molecule has 1 N–H and O–H groups in total. The topological polar surface area (TPSA) is 12.0 Å². The lowest BCUT2D eigenvalue weighted by Gasteiger charge is -2.49. The van der Waals surface area contributed by atoms with E-state index in [1.165, 1.54) is 18.9 Å². The molecular formula is C17H25ClFN. The SMILES string of the molecule is CCCC1CC(CNC(C)C)(c2c(F)cccc2Cl)C1. The van der Waals surface area contributed by atoms with E-state index in [1.807, 2.05) is 6.07 Å². The molecule has 0 aliphatic heterocycles. The van der Waals surface area contributed by atoms with Crippen LogP contribution in [0, 0.1) is 11.7 Å². The van der Waals surface area contributed by atoms with E-state index in [-0.39, 0.29) is 11.2 Å². The molecule has 3 heteroatoms. The standard InChI is InChI=1S/C17H25ClFN/c1-4-6-13-9-17(10-13,11-20-12(2)3)16-14(18)7-5-8-15(16)19/h5,7-8,12-13,20H,4,6,9-11H2,1-3H3. The Labute approximate surface area is 126 Å². The van der Waals surface area contributed by atoms with Gasteiger partial charge in [0.1, 0.15) is 5.82 Å². The summed E-state index contributed by atoms with van der Waals surface area (Å²) in [5, 5.41) is 4.05. The van der Waals surface area contributed by atoms with E-state index in [9.17, 15) is 4.39 Å². The van der Waals surface area contributed by atoms with Crippen LogP contribution in [-0.4, -0.2) is 12.6 Å². The molecular weight excluding hydrogens is 273 g/mol. The van der Waals surface area contributed by atoms with Gasteiger partial charge in [-0.05, 0) is 30.9 Å². The lowest BCUT2D eigenvalue weighted by molar-refractivity contribution is 0.122. The van der Waals surface area contributed by atoms with Gasteiger partial charge in [0.25, 0.3) is 0 Å². The van der Waals surface area contributed by atoms with E-state index >= 15 is 0 Å². The first-order valence-electron chi connectivity index (χ1n) is 7.66. The Bertz CT molecular complexity index is 432. The van der Waals surface area contributed by atoms with Crippen molar-refractivity contribution in [2.45, 2.75) is 57.9 Å². The predicted molar refractivity (Wildman–Crippen MR) is 83.9 cm³/mol. The molecule has 1 aromatic carbocycles. The van der Waals surface area contributed by atoms with Crippen molar-refractivity contribution in [2.75, 3.05) is 6.54 Å². The van der Waals surface area contributed by atoms with Crippen LogP contribution in [-0.2, 0) is 5.41 Å². The number of rotatable bonds is 6. The Hall–Kier alpha value is -0.600. The lowest BCUT2D eigenvalue weighted by atomic mass is 9.57. The fraction of sp³-hybridized carbons (Fsp3) is 0.647. The summed E-state index contributed by atoms with van der Waals surface area (Å²) in [4.78, 5) is 0. The molecule has 1 fully saturated rings. The quantitative estimate of drug-likeness (QED) is 0.785. The van der Waals surface area contributed by atoms with Gasteiger partial charge in [0.2, 0.25) is 0 Å². The largest absolute Gasteiger partial charge is 0.314 e. The van der Waals surface area contributed by atoms with Crippen molar-refractivity contribution in [3.63, 3.8) is 0 Å². The molecule has 1 aliphatic rings. The maximum atomic E-state index is 14.3. The zero-order valence-corrected chi connectivity index (χ0v) is 13.4. The molecule has 112 valence electrons. The van der Waals surface area contributed by atoms with Crippen LogP contribution in [0.4, 0.5) is 4.39 Å². The summed E-state index contributed by atoms with van der Waals surface area (Å²) >= 11 is 6.30. The van der Waals surface area contributed by atoms with Crippen molar-refractivity contribution in [3.05, 3.63) is 34.6 Å². The minimum absolute atomic E-state index is 0.119. The summed E-state index contributed by atoms with van der Waals surface area (Å²) < 4.78 is 14.3. The Morgan fingerprint density at radius 3 is 2.65 bits per heavy atom. The van der Waals surface area contributed by atoms with Gasteiger partial charge in [0.05, 0.1) is 0 Å². The molecule has 0 saturated heterocycles. The molecule has 20 heavy (non-hydrogen) atoms. The summed E-state index contributed by atoms with van der Waals surface area (Å²) in [7, 11) is 0. The monoisotopic (exact) mass is 297 g/mol. The fourth-order valence-electron chi connectivity index (χ4n) is 3.50. The first-order chi connectivity index (χ1) is 9.48. The zero-order valence-electron chi connectivity index (χ0n) is 12.7. The van der Waals surface area contributed by atoms with Crippen LogP contribution in [0.2, 0.25) is 5.02 Å². The van der Waals surface area contributed by atoms with Crippen molar-refractivity contribution in [3.8, 4) is 0 Å². The van der Waals surface area contributed by atoms with Gasteiger partial charge in [0.15, 0.2) is 0 Å². The van der Waals surface area contributed by atoms with Gasteiger partial charge in [-0.2, -0.15) is 0 Å². The Morgan fingerprint density at radius 2 is 2.10 bits per heavy atom. The van der Waals surface area contributed by atoms with Crippen LogP contribution in [0.3, 0.4) is 0 Å². The number of benzene rings is 1. The summed E-state index contributed by atoms with van der Waals surface area (Å²) in [6, 6.07) is 5.44. The van der Waals surface area contributed by atoms with Gasteiger partial charge >= 0.3 is 0 Å². The molecule has 0 spiro atoms. The highest BCUT2D eigenvalue weighted by Gasteiger charge is 2.47. The molecule has 1 aliphatic carbocycles. The van der Waals surface area contributed by atoms with E-state index < -0.39 is 0 Å². The average molecular weight is 298 g/mol. The summed E-state index contributed by atoms with van der Waals surface area (Å²) in [6.45, 7) is 7.27. The molecule has 1 aromatic rings. The van der Waals surface area contributed by atoms with E-state index in [4.69, 9.17) is 11.6 Å². The van der Waals surface area contributed by atoms with Gasteiger partial charge in [-0.25, -0.2) is 4.39 Å². The highest BCUT2D eigenvalue weighted by molar-refractivity contribution is 6.31. The van der Waals surface area contributed by atoms with Crippen LogP contribution in [0.1, 0.15) is 52.0 Å². The number of nitrogens with one attached hydrogen (secondary N) is 1. The third kappa shape index (κ3) is 3.17. The summed E-state index contributed by atoms with van der Waals surface area (Å²) in [5.74, 6) is 0.558. The Balaban J connectivity index is 2.24. The molecule has 2 rings (SSSR count). The second kappa shape index (κ2) is 6.44. The highest BCUT2D eigenvalue weighted by Crippen LogP contribution is 2.51. The first kappa shape index (κ1) is 15.8. The van der Waals surface area contributed by atoms with Gasteiger partial charge in [0, 0.05) is 28.6 Å². The lowest BCUT2D eigenvalue weighted by Crippen LogP contribution is -2.50. The van der Waals surface area contributed by atoms with E-state index in [2.05, 4.69) is 26.1 Å².